The van der Waals surface area contributed by atoms with Gasteiger partial charge in [-0.15, -0.1) is 0 Å². The van der Waals surface area contributed by atoms with Crippen LogP contribution in [0.15, 0.2) is 47.6 Å². The van der Waals surface area contributed by atoms with Crippen LogP contribution in [-0.4, -0.2) is 47.0 Å². The molecule has 1 aromatic carbocycles. The Morgan fingerprint density at radius 2 is 2.08 bits per heavy atom. The van der Waals surface area contributed by atoms with Crippen molar-refractivity contribution in [3.8, 4) is 0 Å². The molecule has 0 unspecified atom stereocenters. The summed E-state index contributed by atoms with van der Waals surface area (Å²) in [5, 5.41) is 17.4. The predicted molar refractivity (Wildman–Crippen MR) is 104 cm³/mol. The molecule has 0 aliphatic rings. The molecule has 0 atom stereocenters. The number of aryl methyl sites for hydroxylation is 1. The predicted octanol–water partition coefficient (Wildman–Crippen LogP) is 2.44. The molecule has 2 rings (SSSR count). The number of guanidine groups is 1. The first-order valence-electron chi connectivity index (χ1n) is 8.60. The van der Waals surface area contributed by atoms with E-state index >= 15 is 0 Å². The summed E-state index contributed by atoms with van der Waals surface area (Å²) in [5.41, 5.74) is 1.77. The van der Waals surface area contributed by atoms with E-state index in [1.54, 1.807) is 18.2 Å². The second-order valence-corrected chi connectivity index (χ2v) is 5.90. The minimum absolute atomic E-state index is 0.0733. The molecule has 0 bridgehead atoms. The molecule has 0 fully saturated rings. The van der Waals surface area contributed by atoms with Crippen molar-refractivity contribution < 1.29 is 4.92 Å². The van der Waals surface area contributed by atoms with Gasteiger partial charge < -0.3 is 20.1 Å². The Morgan fingerprint density at radius 1 is 1.31 bits per heavy atom. The molecular weight excluding hydrogens is 332 g/mol. The van der Waals surface area contributed by atoms with Gasteiger partial charge in [0.15, 0.2) is 5.96 Å². The van der Waals surface area contributed by atoms with E-state index in [2.05, 4.69) is 31.2 Å². The number of nitrogens with zero attached hydrogens (tertiary/aromatic N) is 4. The Bertz CT molecular complexity index is 756. The molecule has 0 spiro atoms. The van der Waals surface area contributed by atoms with Gasteiger partial charge >= 0.3 is 0 Å². The third-order valence-corrected chi connectivity index (χ3v) is 3.94. The second-order valence-electron chi connectivity index (χ2n) is 5.90. The summed E-state index contributed by atoms with van der Waals surface area (Å²) in [7, 11) is 4.01. The number of nitro groups is 1. The summed E-state index contributed by atoms with van der Waals surface area (Å²) >= 11 is 0. The Labute approximate surface area is 153 Å². The zero-order valence-corrected chi connectivity index (χ0v) is 15.5. The number of aliphatic imine (C=N–C) groups is 1. The number of nitro benzene ring substituents is 1. The van der Waals surface area contributed by atoms with E-state index in [4.69, 9.17) is 0 Å². The van der Waals surface area contributed by atoms with E-state index in [9.17, 15) is 10.1 Å². The van der Waals surface area contributed by atoms with Crippen LogP contribution in [0.3, 0.4) is 0 Å². The van der Waals surface area contributed by atoms with Crippen LogP contribution in [0, 0.1) is 10.1 Å². The molecule has 0 radical (unpaired) electrons. The molecule has 0 saturated carbocycles. The van der Waals surface area contributed by atoms with E-state index in [0.29, 0.717) is 18.8 Å². The third-order valence-electron chi connectivity index (χ3n) is 3.94. The van der Waals surface area contributed by atoms with E-state index < -0.39 is 0 Å². The van der Waals surface area contributed by atoms with Crippen molar-refractivity contribution in [1.29, 1.82) is 0 Å². The maximum Gasteiger partial charge on any atom is 0.292 e. The lowest BCUT2D eigenvalue weighted by Gasteiger charge is -2.22. The number of hydrogen-bond acceptors (Lipinski definition) is 4. The maximum absolute atomic E-state index is 11.0. The molecule has 26 heavy (non-hydrogen) atoms. The monoisotopic (exact) mass is 358 g/mol. The summed E-state index contributed by atoms with van der Waals surface area (Å²) in [4.78, 5) is 17.3. The fraction of sp³-hybridized carbons (Fsp3) is 0.389. The topological polar surface area (TPSA) is 87.7 Å². The first kappa shape index (κ1) is 19.3. The molecule has 8 nitrogen and oxygen atoms in total. The Kier molecular flexibility index (Phi) is 7.02. The van der Waals surface area contributed by atoms with Gasteiger partial charge in [0.25, 0.3) is 5.69 Å². The lowest BCUT2D eigenvalue weighted by Crippen LogP contribution is -2.39. The van der Waals surface area contributed by atoms with Crippen molar-refractivity contribution in [1.82, 2.24) is 14.8 Å². The highest BCUT2D eigenvalue weighted by molar-refractivity contribution is 5.79. The molecule has 2 aromatic rings. The number of hydrogen-bond donors (Lipinski definition) is 2. The molecular formula is C18H26N6O2. The van der Waals surface area contributed by atoms with Crippen LogP contribution < -0.4 is 10.6 Å². The first-order chi connectivity index (χ1) is 12.5. The van der Waals surface area contributed by atoms with Crippen molar-refractivity contribution in [2.45, 2.75) is 13.5 Å². The average Bonchev–Trinajstić information content (AvgIpc) is 3.02. The molecule has 0 aliphatic heterocycles. The average molecular weight is 358 g/mol. The highest BCUT2D eigenvalue weighted by Crippen LogP contribution is 2.22. The normalized spacial score (nSPS) is 11.3. The number of aromatic nitrogens is 1. The lowest BCUT2D eigenvalue weighted by molar-refractivity contribution is -0.384. The lowest BCUT2D eigenvalue weighted by atomic mass is 10.2. The van der Waals surface area contributed by atoms with E-state index in [1.165, 1.54) is 11.8 Å². The largest absolute Gasteiger partial charge is 0.378 e. The van der Waals surface area contributed by atoms with Gasteiger partial charge in [0, 0.05) is 45.1 Å². The van der Waals surface area contributed by atoms with Crippen molar-refractivity contribution in [2.24, 2.45) is 12.0 Å². The number of nitrogens with one attached hydrogen (secondary N) is 2. The molecule has 1 aromatic heterocycles. The summed E-state index contributed by atoms with van der Waals surface area (Å²) in [6, 6.07) is 10.7. The molecule has 0 aliphatic carbocycles. The maximum atomic E-state index is 11.0. The summed E-state index contributed by atoms with van der Waals surface area (Å²) in [6.07, 6.45) is 2.02. The molecule has 0 amide bonds. The number of rotatable bonds is 8. The van der Waals surface area contributed by atoms with Crippen LogP contribution in [0.25, 0.3) is 0 Å². The van der Waals surface area contributed by atoms with Gasteiger partial charge in [-0.2, -0.15) is 0 Å². The van der Waals surface area contributed by atoms with Gasteiger partial charge in [-0.05, 0) is 25.1 Å². The summed E-state index contributed by atoms with van der Waals surface area (Å²) in [6.45, 7) is 4.56. The highest BCUT2D eigenvalue weighted by Gasteiger charge is 2.11. The minimum atomic E-state index is -0.386. The highest BCUT2D eigenvalue weighted by atomic mass is 16.6. The smallest absolute Gasteiger partial charge is 0.292 e. The van der Waals surface area contributed by atoms with Gasteiger partial charge in [0.1, 0.15) is 5.69 Å². The first-order valence-corrected chi connectivity index (χ1v) is 8.60. The number of para-hydroxylation sites is 2. The van der Waals surface area contributed by atoms with Gasteiger partial charge in [0.2, 0.25) is 0 Å². The number of benzene rings is 1. The quantitative estimate of drug-likeness (QED) is 0.249. The standard InChI is InChI=1S/C18H26N6O2/c1-4-19-18(23(3)14-15-8-7-13-22(15)2)21-12-11-20-16-9-5-6-10-17(16)24(25)26/h5-10,13,20H,4,11-12,14H2,1-3H3,(H,19,21). The van der Waals surface area contributed by atoms with Crippen molar-refractivity contribution in [2.75, 3.05) is 32.0 Å². The minimum Gasteiger partial charge on any atom is -0.378 e. The van der Waals surface area contributed by atoms with E-state index in [0.717, 1.165) is 19.0 Å². The van der Waals surface area contributed by atoms with Crippen LogP contribution in [0.2, 0.25) is 0 Å². The van der Waals surface area contributed by atoms with Crippen LogP contribution >= 0.6 is 0 Å². The Balaban J connectivity index is 1.94. The van der Waals surface area contributed by atoms with Crippen molar-refractivity contribution in [3.63, 3.8) is 0 Å². The molecule has 2 N–H and O–H groups in total. The molecule has 140 valence electrons. The zero-order chi connectivity index (χ0) is 18.9. The van der Waals surface area contributed by atoms with E-state index in [-0.39, 0.29) is 10.6 Å². The van der Waals surface area contributed by atoms with Gasteiger partial charge in [-0.1, -0.05) is 12.1 Å². The van der Waals surface area contributed by atoms with Crippen molar-refractivity contribution in [3.05, 3.63) is 58.4 Å². The summed E-state index contributed by atoms with van der Waals surface area (Å²) in [5.74, 6) is 0.804. The van der Waals surface area contributed by atoms with Crippen molar-refractivity contribution >= 4 is 17.3 Å². The summed E-state index contributed by atoms with van der Waals surface area (Å²) < 4.78 is 2.08. The van der Waals surface area contributed by atoms with Crippen LogP contribution in [0.5, 0.6) is 0 Å². The fourth-order valence-electron chi connectivity index (χ4n) is 2.58. The van der Waals surface area contributed by atoms with Gasteiger partial charge in [-0.25, -0.2) is 0 Å². The Morgan fingerprint density at radius 3 is 2.73 bits per heavy atom. The van der Waals surface area contributed by atoms with E-state index in [1.807, 2.05) is 33.3 Å². The van der Waals surface area contributed by atoms with Gasteiger partial charge in [-0.3, -0.25) is 15.1 Å². The SMILES string of the molecule is CCNC(=NCCNc1ccccc1[N+](=O)[O-])N(C)Cc1cccn1C. The van der Waals surface area contributed by atoms with Crippen LogP contribution in [-0.2, 0) is 13.6 Å². The van der Waals surface area contributed by atoms with Gasteiger partial charge in [0.05, 0.1) is 18.0 Å². The third kappa shape index (κ3) is 5.23. The molecule has 1 heterocycles. The molecule has 0 saturated heterocycles. The fourth-order valence-corrected chi connectivity index (χ4v) is 2.58. The Hall–Kier alpha value is -3.03. The zero-order valence-electron chi connectivity index (χ0n) is 15.5. The second kappa shape index (κ2) is 9.45. The van der Waals surface area contributed by atoms with Crippen LogP contribution in [0.1, 0.15) is 12.6 Å². The number of anilines is 1. The van der Waals surface area contributed by atoms with Crippen LogP contribution in [0.4, 0.5) is 11.4 Å². The molecule has 8 heteroatoms.